The van der Waals surface area contributed by atoms with Crippen molar-refractivity contribution in [1.29, 1.82) is 0 Å². The number of esters is 1. The Bertz CT molecular complexity index is 831. The summed E-state index contributed by atoms with van der Waals surface area (Å²) in [6.45, 7) is 3.81. The van der Waals surface area contributed by atoms with E-state index >= 15 is 0 Å². The SMILES string of the molecule is Cc1ccc(C(=O)/C=C2/N=C3C=C(Cl)C=CC3OC2=O)c(C)c1. The third-order valence-corrected chi connectivity index (χ3v) is 3.85. The van der Waals surface area contributed by atoms with Crippen molar-refractivity contribution in [2.45, 2.75) is 20.0 Å². The van der Waals surface area contributed by atoms with Gasteiger partial charge in [-0.3, -0.25) is 4.79 Å². The van der Waals surface area contributed by atoms with Crippen molar-refractivity contribution >= 4 is 29.1 Å². The number of ether oxygens (including phenoxy) is 1. The van der Waals surface area contributed by atoms with Gasteiger partial charge in [-0.1, -0.05) is 35.4 Å². The minimum absolute atomic E-state index is 0.0164. The highest BCUT2D eigenvalue weighted by molar-refractivity contribution is 6.34. The predicted octanol–water partition coefficient (Wildman–Crippen LogP) is 3.43. The van der Waals surface area contributed by atoms with Crippen LogP contribution < -0.4 is 0 Å². The number of fused-ring (bicyclic) bond motifs is 1. The van der Waals surface area contributed by atoms with E-state index in [4.69, 9.17) is 16.3 Å². The Balaban J connectivity index is 1.95. The van der Waals surface area contributed by atoms with Gasteiger partial charge in [0.25, 0.3) is 0 Å². The number of benzene rings is 1. The molecule has 0 fully saturated rings. The summed E-state index contributed by atoms with van der Waals surface area (Å²) in [6.07, 6.45) is 5.59. The van der Waals surface area contributed by atoms with Crippen molar-refractivity contribution in [3.63, 3.8) is 0 Å². The molecule has 0 bridgehead atoms. The van der Waals surface area contributed by atoms with Gasteiger partial charge in [-0.05, 0) is 37.6 Å². The molecule has 0 radical (unpaired) electrons. The highest BCUT2D eigenvalue weighted by atomic mass is 35.5. The van der Waals surface area contributed by atoms with Crippen LogP contribution in [-0.2, 0) is 9.53 Å². The van der Waals surface area contributed by atoms with Crippen LogP contribution in [0, 0.1) is 13.8 Å². The van der Waals surface area contributed by atoms with Crippen LogP contribution in [0.1, 0.15) is 21.5 Å². The first-order valence-electron chi connectivity index (χ1n) is 7.12. The second kappa shape index (κ2) is 5.97. The fourth-order valence-electron chi connectivity index (χ4n) is 2.49. The van der Waals surface area contributed by atoms with Gasteiger partial charge in [-0.2, -0.15) is 0 Å². The van der Waals surface area contributed by atoms with Crippen molar-refractivity contribution in [2.75, 3.05) is 0 Å². The van der Waals surface area contributed by atoms with Gasteiger partial charge in [-0.25, -0.2) is 9.79 Å². The van der Waals surface area contributed by atoms with Crippen LogP contribution in [0.4, 0.5) is 0 Å². The van der Waals surface area contributed by atoms with Gasteiger partial charge in [0.15, 0.2) is 17.6 Å². The first-order valence-corrected chi connectivity index (χ1v) is 7.50. The normalized spacial score (nSPS) is 21.4. The standard InChI is InChI=1S/C18H14ClNO3/c1-10-3-5-13(11(2)7-10)16(21)9-15-18(22)23-17-6-4-12(19)8-14(17)20-15/h3-9,17H,1-2H3/b15-9+. The van der Waals surface area contributed by atoms with E-state index in [0.29, 0.717) is 16.3 Å². The molecule has 0 aromatic heterocycles. The molecule has 1 aliphatic carbocycles. The first kappa shape index (κ1) is 15.4. The molecule has 0 spiro atoms. The Morgan fingerprint density at radius 3 is 2.87 bits per heavy atom. The first-order chi connectivity index (χ1) is 10.9. The average molecular weight is 328 g/mol. The van der Waals surface area contributed by atoms with E-state index in [1.807, 2.05) is 26.0 Å². The Kier molecular flexibility index (Phi) is 4.01. The molecule has 3 rings (SSSR count). The molecule has 5 heteroatoms. The molecule has 1 heterocycles. The lowest BCUT2D eigenvalue weighted by Crippen LogP contribution is -2.31. The molecule has 116 valence electrons. The zero-order valence-corrected chi connectivity index (χ0v) is 13.4. The number of nitrogens with zero attached hydrogens (tertiary/aromatic N) is 1. The predicted molar refractivity (Wildman–Crippen MR) is 88.7 cm³/mol. The Morgan fingerprint density at radius 2 is 2.13 bits per heavy atom. The number of hydrogen-bond acceptors (Lipinski definition) is 4. The number of aryl methyl sites for hydroxylation is 2. The second-order valence-corrected chi connectivity index (χ2v) is 5.90. The zero-order valence-electron chi connectivity index (χ0n) is 12.7. The van der Waals surface area contributed by atoms with E-state index in [-0.39, 0.29) is 11.5 Å². The van der Waals surface area contributed by atoms with E-state index in [9.17, 15) is 9.59 Å². The number of carbonyl (C=O) groups is 2. The molecular formula is C18H14ClNO3. The zero-order chi connectivity index (χ0) is 16.6. The number of allylic oxidation sites excluding steroid dienone is 3. The van der Waals surface area contributed by atoms with Crippen LogP contribution in [0.15, 0.2) is 58.2 Å². The quantitative estimate of drug-likeness (QED) is 0.475. The Hall–Kier alpha value is -2.46. The highest BCUT2D eigenvalue weighted by Gasteiger charge is 2.28. The second-order valence-electron chi connectivity index (χ2n) is 5.46. The van der Waals surface area contributed by atoms with Gasteiger partial charge < -0.3 is 4.74 Å². The maximum absolute atomic E-state index is 12.4. The van der Waals surface area contributed by atoms with Gasteiger partial charge in [0, 0.05) is 16.7 Å². The fraction of sp³-hybridized carbons (Fsp3) is 0.167. The largest absolute Gasteiger partial charge is 0.447 e. The van der Waals surface area contributed by atoms with Gasteiger partial charge in [0.1, 0.15) is 0 Å². The summed E-state index contributed by atoms with van der Waals surface area (Å²) >= 11 is 5.92. The number of hydrogen-bond donors (Lipinski definition) is 0. The molecule has 0 saturated heterocycles. The molecule has 0 N–H and O–H groups in total. The molecule has 23 heavy (non-hydrogen) atoms. The van der Waals surface area contributed by atoms with E-state index in [1.165, 1.54) is 6.08 Å². The van der Waals surface area contributed by atoms with Crippen LogP contribution in [0.5, 0.6) is 0 Å². The summed E-state index contributed by atoms with van der Waals surface area (Å²) in [5.74, 6) is -0.897. The summed E-state index contributed by atoms with van der Waals surface area (Å²) in [6, 6.07) is 5.52. The molecule has 4 nitrogen and oxygen atoms in total. The lowest BCUT2D eigenvalue weighted by molar-refractivity contribution is -0.140. The third kappa shape index (κ3) is 3.17. The van der Waals surface area contributed by atoms with Crippen molar-refractivity contribution in [3.8, 4) is 0 Å². The van der Waals surface area contributed by atoms with Crippen molar-refractivity contribution < 1.29 is 14.3 Å². The van der Waals surface area contributed by atoms with Crippen LogP contribution >= 0.6 is 11.6 Å². The van der Waals surface area contributed by atoms with Crippen LogP contribution in [0.3, 0.4) is 0 Å². The Morgan fingerprint density at radius 1 is 1.35 bits per heavy atom. The Labute approximate surface area is 138 Å². The van der Waals surface area contributed by atoms with Gasteiger partial charge in [0.05, 0.1) is 5.71 Å². The summed E-state index contributed by atoms with van der Waals surface area (Å²) in [7, 11) is 0. The molecule has 1 aliphatic heterocycles. The maximum Gasteiger partial charge on any atom is 0.358 e. The van der Waals surface area contributed by atoms with Crippen LogP contribution in [-0.4, -0.2) is 23.6 Å². The lowest BCUT2D eigenvalue weighted by Gasteiger charge is -2.22. The number of rotatable bonds is 2. The number of halogens is 1. The maximum atomic E-state index is 12.4. The summed E-state index contributed by atoms with van der Waals surface area (Å²) < 4.78 is 5.26. The van der Waals surface area contributed by atoms with Crippen molar-refractivity contribution in [1.82, 2.24) is 0 Å². The average Bonchev–Trinajstić information content (AvgIpc) is 2.48. The van der Waals surface area contributed by atoms with Gasteiger partial charge in [0.2, 0.25) is 0 Å². The molecule has 1 unspecified atom stereocenters. The highest BCUT2D eigenvalue weighted by Crippen LogP contribution is 2.22. The molecule has 1 aromatic rings. The summed E-state index contributed by atoms with van der Waals surface area (Å²) in [5.41, 5.74) is 2.95. The number of carbonyl (C=O) groups excluding carboxylic acids is 2. The molecule has 0 amide bonds. The lowest BCUT2D eigenvalue weighted by atomic mass is 10.0. The number of ketones is 1. The van der Waals surface area contributed by atoms with E-state index < -0.39 is 12.1 Å². The van der Waals surface area contributed by atoms with Crippen LogP contribution in [0.2, 0.25) is 0 Å². The molecular weight excluding hydrogens is 314 g/mol. The summed E-state index contributed by atoms with van der Waals surface area (Å²) in [5, 5.41) is 0.498. The molecule has 1 atom stereocenters. The van der Waals surface area contributed by atoms with Gasteiger partial charge >= 0.3 is 5.97 Å². The molecule has 0 saturated carbocycles. The molecule has 2 aliphatic rings. The van der Waals surface area contributed by atoms with Crippen LogP contribution in [0.25, 0.3) is 0 Å². The van der Waals surface area contributed by atoms with E-state index in [1.54, 1.807) is 24.3 Å². The minimum atomic E-state index is -0.618. The van der Waals surface area contributed by atoms with Crippen molar-refractivity contribution in [2.24, 2.45) is 4.99 Å². The number of aliphatic imine (C=N–C) groups is 1. The summed E-state index contributed by atoms with van der Waals surface area (Å²) in [4.78, 5) is 28.6. The minimum Gasteiger partial charge on any atom is -0.447 e. The van der Waals surface area contributed by atoms with E-state index in [0.717, 1.165) is 11.1 Å². The van der Waals surface area contributed by atoms with Gasteiger partial charge in [-0.15, -0.1) is 0 Å². The smallest absolute Gasteiger partial charge is 0.358 e. The topological polar surface area (TPSA) is 55.7 Å². The third-order valence-electron chi connectivity index (χ3n) is 3.62. The van der Waals surface area contributed by atoms with E-state index in [2.05, 4.69) is 4.99 Å². The fourth-order valence-corrected chi connectivity index (χ4v) is 2.67. The van der Waals surface area contributed by atoms with Crippen molar-refractivity contribution in [3.05, 3.63) is 69.9 Å². The molecule has 1 aromatic carbocycles. The monoisotopic (exact) mass is 327 g/mol.